The number of aryl methyl sites for hydroxylation is 1. The highest BCUT2D eigenvalue weighted by Crippen LogP contribution is 2.24. The van der Waals surface area contributed by atoms with Crippen molar-refractivity contribution in [1.29, 1.82) is 0 Å². The van der Waals surface area contributed by atoms with Gasteiger partial charge in [0.05, 0.1) is 18.8 Å². The van der Waals surface area contributed by atoms with E-state index in [1.165, 1.54) is 0 Å². The van der Waals surface area contributed by atoms with Gasteiger partial charge in [-0.2, -0.15) is 5.10 Å². The molecule has 4 rings (SSSR count). The normalized spacial score (nSPS) is 17.3. The summed E-state index contributed by atoms with van der Waals surface area (Å²) in [6, 6.07) is 9.45. The Hall–Kier alpha value is -3.06. The lowest BCUT2D eigenvalue weighted by Crippen LogP contribution is -2.42. The zero-order valence-electron chi connectivity index (χ0n) is 14.4. The van der Waals surface area contributed by atoms with Crippen LogP contribution in [0.25, 0.3) is 11.3 Å². The second-order valence-electron chi connectivity index (χ2n) is 6.25. The highest BCUT2D eigenvalue weighted by Gasteiger charge is 2.27. The van der Waals surface area contributed by atoms with Crippen LogP contribution in [0.4, 0.5) is 0 Å². The van der Waals surface area contributed by atoms with E-state index >= 15 is 0 Å². The maximum absolute atomic E-state index is 12.9. The monoisotopic (exact) mass is 349 g/mol. The van der Waals surface area contributed by atoms with E-state index in [1.807, 2.05) is 31.2 Å². The van der Waals surface area contributed by atoms with Gasteiger partial charge >= 0.3 is 0 Å². The van der Waals surface area contributed by atoms with E-state index in [0.717, 1.165) is 16.8 Å². The SMILES string of the molecule is Cc1cc([C@H]2CN(C(=O)c3cc(-c4cccnc4)n[nH]3)CCO2)ccn1. The van der Waals surface area contributed by atoms with Crippen molar-refractivity contribution in [3.63, 3.8) is 0 Å². The quantitative estimate of drug-likeness (QED) is 0.785. The predicted molar refractivity (Wildman–Crippen MR) is 95.4 cm³/mol. The molecule has 0 bridgehead atoms. The smallest absolute Gasteiger partial charge is 0.272 e. The Labute approximate surface area is 151 Å². The molecule has 0 saturated carbocycles. The van der Waals surface area contributed by atoms with E-state index in [4.69, 9.17) is 4.74 Å². The van der Waals surface area contributed by atoms with Gasteiger partial charge in [-0.3, -0.25) is 19.9 Å². The molecular weight excluding hydrogens is 330 g/mol. The van der Waals surface area contributed by atoms with E-state index in [2.05, 4.69) is 20.2 Å². The zero-order valence-corrected chi connectivity index (χ0v) is 14.4. The fraction of sp³-hybridized carbons (Fsp3) is 0.263. The molecule has 4 heterocycles. The Morgan fingerprint density at radius 3 is 3.04 bits per heavy atom. The number of rotatable bonds is 3. The molecule has 26 heavy (non-hydrogen) atoms. The summed E-state index contributed by atoms with van der Waals surface area (Å²) in [7, 11) is 0. The van der Waals surface area contributed by atoms with Crippen LogP contribution in [0.15, 0.2) is 48.9 Å². The topological polar surface area (TPSA) is 84.0 Å². The molecule has 1 atom stereocenters. The number of aromatic nitrogens is 4. The summed E-state index contributed by atoms with van der Waals surface area (Å²) in [6.45, 7) is 3.51. The molecule has 1 amide bonds. The van der Waals surface area contributed by atoms with Crippen molar-refractivity contribution in [3.8, 4) is 11.3 Å². The molecule has 1 N–H and O–H groups in total. The van der Waals surface area contributed by atoms with Crippen molar-refractivity contribution in [2.75, 3.05) is 19.7 Å². The summed E-state index contributed by atoms with van der Waals surface area (Å²) in [5.41, 5.74) is 4.02. The fourth-order valence-electron chi connectivity index (χ4n) is 3.07. The van der Waals surface area contributed by atoms with Crippen LogP contribution in [0, 0.1) is 6.92 Å². The molecule has 1 aliphatic rings. The standard InChI is InChI=1S/C19H19N5O2/c1-13-9-14(4-6-21-13)18-12-24(7-8-26-18)19(25)17-10-16(22-23-17)15-3-2-5-20-11-15/h2-6,9-11,18H,7-8,12H2,1H3,(H,22,23)/t18-/m1/s1. The van der Waals surface area contributed by atoms with E-state index in [1.54, 1.807) is 29.6 Å². The van der Waals surface area contributed by atoms with Gasteiger partial charge in [0.1, 0.15) is 11.8 Å². The lowest BCUT2D eigenvalue weighted by Gasteiger charge is -2.33. The van der Waals surface area contributed by atoms with Crippen LogP contribution in [0.2, 0.25) is 0 Å². The summed E-state index contributed by atoms with van der Waals surface area (Å²) in [5, 5.41) is 7.08. The first-order valence-corrected chi connectivity index (χ1v) is 8.50. The van der Waals surface area contributed by atoms with Crippen molar-refractivity contribution in [1.82, 2.24) is 25.1 Å². The number of hydrogen-bond donors (Lipinski definition) is 1. The number of morpholine rings is 1. The van der Waals surface area contributed by atoms with E-state index in [0.29, 0.717) is 31.1 Å². The minimum atomic E-state index is -0.143. The van der Waals surface area contributed by atoms with Crippen molar-refractivity contribution in [2.24, 2.45) is 0 Å². The first kappa shape index (κ1) is 16.4. The van der Waals surface area contributed by atoms with Gasteiger partial charge < -0.3 is 9.64 Å². The molecule has 0 spiro atoms. The number of carbonyl (C=O) groups is 1. The molecule has 7 heteroatoms. The average Bonchev–Trinajstić information content (AvgIpc) is 3.18. The number of aromatic amines is 1. The molecule has 132 valence electrons. The van der Waals surface area contributed by atoms with Crippen molar-refractivity contribution >= 4 is 5.91 Å². The zero-order chi connectivity index (χ0) is 17.9. The van der Waals surface area contributed by atoms with Gasteiger partial charge in [-0.25, -0.2) is 0 Å². The van der Waals surface area contributed by atoms with Gasteiger partial charge in [-0.1, -0.05) is 0 Å². The first-order chi connectivity index (χ1) is 12.7. The van der Waals surface area contributed by atoms with E-state index in [9.17, 15) is 4.79 Å². The van der Waals surface area contributed by atoms with Crippen molar-refractivity contribution < 1.29 is 9.53 Å². The maximum Gasteiger partial charge on any atom is 0.272 e. The number of nitrogens with zero attached hydrogens (tertiary/aromatic N) is 4. The molecule has 0 aromatic carbocycles. The Kier molecular flexibility index (Phi) is 4.45. The van der Waals surface area contributed by atoms with Crippen LogP contribution in [0.3, 0.4) is 0 Å². The molecule has 3 aromatic rings. The minimum Gasteiger partial charge on any atom is -0.370 e. The Balaban J connectivity index is 1.50. The summed E-state index contributed by atoms with van der Waals surface area (Å²) in [6.07, 6.45) is 5.05. The third-order valence-electron chi connectivity index (χ3n) is 4.41. The number of hydrogen-bond acceptors (Lipinski definition) is 5. The number of nitrogens with one attached hydrogen (secondary N) is 1. The maximum atomic E-state index is 12.9. The number of carbonyl (C=O) groups excluding carboxylic acids is 1. The first-order valence-electron chi connectivity index (χ1n) is 8.50. The molecule has 7 nitrogen and oxygen atoms in total. The third-order valence-corrected chi connectivity index (χ3v) is 4.41. The number of amides is 1. The lowest BCUT2D eigenvalue weighted by molar-refractivity contribution is -0.0230. The van der Waals surface area contributed by atoms with Crippen LogP contribution < -0.4 is 0 Å². The van der Waals surface area contributed by atoms with Crippen molar-refractivity contribution in [2.45, 2.75) is 13.0 Å². The summed E-state index contributed by atoms with van der Waals surface area (Å²) < 4.78 is 5.85. The predicted octanol–water partition coefficient (Wildman–Crippen LogP) is 2.39. The second-order valence-corrected chi connectivity index (χ2v) is 6.25. The van der Waals surface area contributed by atoms with Crippen LogP contribution in [-0.4, -0.2) is 50.7 Å². The lowest BCUT2D eigenvalue weighted by atomic mass is 10.1. The van der Waals surface area contributed by atoms with Gasteiger partial charge in [-0.15, -0.1) is 0 Å². The molecule has 1 saturated heterocycles. The highest BCUT2D eigenvalue weighted by atomic mass is 16.5. The molecule has 0 radical (unpaired) electrons. The Morgan fingerprint density at radius 2 is 2.23 bits per heavy atom. The third kappa shape index (κ3) is 3.34. The van der Waals surface area contributed by atoms with Crippen LogP contribution in [-0.2, 0) is 4.74 Å². The number of ether oxygens (including phenoxy) is 1. The summed E-state index contributed by atoms with van der Waals surface area (Å²) in [4.78, 5) is 23.0. The molecule has 0 unspecified atom stereocenters. The largest absolute Gasteiger partial charge is 0.370 e. The minimum absolute atomic E-state index is 0.0771. The van der Waals surface area contributed by atoms with Crippen LogP contribution in [0.1, 0.15) is 27.8 Å². The molecule has 0 aliphatic carbocycles. The highest BCUT2D eigenvalue weighted by molar-refractivity contribution is 5.93. The number of pyridine rings is 2. The van der Waals surface area contributed by atoms with E-state index in [-0.39, 0.29) is 12.0 Å². The molecule has 3 aromatic heterocycles. The Bertz CT molecular complexity index is 909. The van der Waals surface area contributed by atoms with Gasteiger partial charge in [0.15, 0.2) is 0 Å². The summed E-state index contributed by atoms with van der Waals surface area (Å²) in [5.74, 6) is -0.0771. The second kappa shape index (κ2) is 7.05. The molecule has 1 aliphatic heterocycles. The summed E-state index contributed by atoms with van der Waals surface area (Å²) >= 11 is 0. The van der Waals surface area contributed by atoms with E-state index < -0.39 is 0 Å². The van der Waals surface area contributed by atoms with Gasteiger partial charge in [0.2, 0.25) is 0 Å². The van der Waals surface area contributed by atoms with Gasteiger partial charge in [0, 0.05) is 36.4 Å². The van der Waals surface area contributed by atoms with Gasteiger partial charge in [0.25, 0.3) is 5.91 Å². The molecule has 1 fully saturated rings. The van der Waals surface area contributed by atoms with Gasteiger partial charge in [-0.05, 0) is 42.8 Å². The van der Waals surface area contributed by atoms with Crippen LogP contribution in [0.5, 0.6) is 0 Å². The fourth-order valence-corrected chi connectivity index (χ4v) is 3.07. The average molecular weight is 349 g/mol. The number of H-pyrrole nitrogens is 1. The molecular formula is C19H19N5O2. The van der Waals surface area contributed by atoms with Crippen molar-refractivity contribution in [3.05, 3.63) is 65.9 Å². The van der Waals surface area contributed by atoms with Crippen LogP contribution >= 0.6 is 0 Å². The Morgan fingerprint density at radius 1 is 1.31 bits per heavy atom.